The van der Waals surface area contributed by atoms with Crippen molar-refractivity contribution < 1.29 is 19.0 Å². The molecule has 0 bridgehead atoms. The number of hydrogen-bond donors (Lipinski definition) is 0. The van der Waals surface area contributed by atoms with Gasteiger partial charge in [0.05, 0.1) is 24.1 Å². The molecule has 0 unspecified atom stereocenters. The van der Waals surface area contributed by atoms with Crippen molar-refractivity contribution in [2.45, 2.75) is 96.2 Å². The van der Waals surface area contributed by atoms with Crippen LogP contribution in [0.3, 0.4) is 0 Å². The Morgan fingerprint density at radius 3 is 2.18 bits per heavy atom. The van der Waals surface area contributed by atoms with E-state index >= 15 is 0 Å². The largest absolute Gasteiger partial charge is 0.495 e. The Morgan fingerprint density at radius 1 is 0.912 bits per heavy atom. The number of hydrogen-bond acceptors (Lipinski definition) is 5. The summed E-state index contributed by atoms with van der Waals surface area (Å²) >= 11 is 0. The summed E-state index contributed by atoms with van der Waals surface area (Å²) in [4.78, 5) is 16.5. The molecule has 1 saturated heterocycles. The van der Waals surface area contributed by atoms with Crippen LogP contribution in [-0.4, -0.2) is 66.0 Å². The monoisotopic (exact) mass is 470 g/mol. The minimum atomic E-state index is -0.444. The molecule has 6 heteroatoms. The highest BCUT2D eigenvalue weighted by Gasteiger charge is 2.30. The fourth-order valence-electron chi connectivity index (χ4n) is 5.06. The Hall–Kier alpha value is -2.05. The van der Waals surface area contributed by atoms with Gasteiger partial charge in [0.2, 0.25) is 0 Å². The molecule has 188 valence electrons. The van der Waals surface area contributed by atoms with Crippen LogP contribution in [0, 0.1) is 0 Å². The summed E-state index contributed by atoms with van der Waals surface area (Å²) in [5.74, 6) is 1.17. The van der Waals surface area contributed by atoms with Gasteiger partial charge in [-0.25, -0.2) is 4.79 Å². The van der Waals surface area contributed by atoms with E-state index in [4.69, 9.17) is 14.2 Å². The van der Waals surface area contributed by atoms with Crippen LogP contribution < -0.4 is 0 Å². The highest BCUT2D eigenvalue weighted by molar-refractivity contribution is 5.68. The van der Waals surface area contributed by atoms with Crippen LogP contribution in [0.5, 0.6) is 0 Å². The maximum Gasteiger partial charge on any atom is 0.410 e. The number of rotatable bonds is 6. The molecule has 0 atom stereocenters. The fourth-order valence-corrected chi connectivity index (χ4v) is 5.06. The first-order chi connectivity index (χ1) is 16.3. The Bertz CT molecular complexity index is 803. The molecule has 1 amide bonds. The summed E-state index contributed by atoms with van der Waals surface area (Å²) < 4.78 is 18.3. The summed E-state index contributed by atoms with van der Waals surface area (Å²) in [5.41, 5.74) is 0.925. The second-order valence-electron chi connectivity index (χ2n) is 11.0. The molecule has 2 fully saturated rings. The van der Waals surface area contributed by atoms with E-state index in [1.807, 2.05) is 25.7 Å². The third-order valence-electron chi connectivity index (χ3n) is 6.92. The normalized spacial score (nSPS) is 25.0. The van der Waals surface area contributed by atoms with Crippen molar-refractivity contribution in [3.63, 3.8) is 0 Å². The summed E-state index contributed by atoms with van der Waals surface area (Å²) in [7, 11) is 0. The molecule has 0 radical (unpaired) electrons. The van der Waals surface area contributed by atoms with Crippen LogP contribution >= 0.6 is 0 Å². The Morgan fingerprint density at radius 2 is 1.56 bits per heavy atom. The molecule has 6 nitrogen and oxygen atoms in total. The van der Waals surface area contributed by atoms with E-state index in [0.29, 0.717) is 25.3 Å². The minimum absolute atomic E-state index is 0.205. The summed E-state index contributed by atoms with van der Waals surface area (Å²) in [6, 6.07) is 10.7. The predicted molar refractivity (Wildman–Crippen MR) is 133 cm³/mol. The molecular weight excluding hydrogens is 428 g/mol. The van der Waals surface area contributed by atoms with Crippen molar-refractivity contribution in [2.75, 3.05) is 26.2 Å². The van der Waals surface area contributed by atoms with E-state index in [1.165, 1.54) is 11.3 Å². The van der Waals surface area contributed by atoms with Gasteiger partial charge in [-0.05, 0) is 70.9 Å². The van der Waals surface area contributed by atoms with Crippen molar-refractivity contribution in [3.8, 4) is 0 Å². The number of piperidine rings is 1. The van der Waals surface area contributed by atoms with Gasteiger partial charge in [-0.1, -0.05) is 30.3 Å². The van der Waals surface area contributed by atoms with Crippen LogP contribution in [0.2, 0.25) is 0 Å². The Balaban J connectivity index is 1.12. The first-order valence-corrected chi connectivity index (χ1v) is 13.1. The van der Waals surface area contributed by atoms with Crippen LogP contribution in [0.1, 0.15) is 71.3 Å². The van der Waals surface area contributed by atoms with Crippen LogP contribution in [-0.2, 0) is 20.8 Å². The van der Waals surface area contributed by atoms with Crippen molar-refractivity contribution in [3.05, 3.63) is 47.7 Å². The topological polar surface area (TPSA) is 51.2 Å². The molecule has 2 aliphatic heterocycles. The van der Waals surface area contributed by atoms with Gasteiger partial charge in [0.1, 0.15) is 5.60 Å². The lowest BCUT2D eigenvalue weighted by Crippen LogP contribution is -2.44. The van der Waals surface area contributed by atoms with Gasteiger partial charge in [0.25, 0.3) is 0 Å². The van der Waals surface area contributed by atoms with Gasteiger partial charge in [0.15, 0.2) is 0 Å². The first kappa shape index (κ1) is 25.1. The zero-order chi connectivity index (χ0) is 24.0. The second kappa shape index (κ2) is 11.6. The van der Waals surface area contributed by atoms with Crippen LogP contribution in [0.15, 0.2) is 42.2 Å². The lowest BCUT2D eigenvalue weighted by Gasteiger charge is -2.37. The van der Waals surface area contributed by atoms with Gasteiger partial charge < -0.3 is 19.1 Å². The third-order valence-corrected chi connectivity index (χ3v) is 6.92. The zero-order valence-electron chi connectivity index (χ0n) is 21.2. The van der Waals surface area contributed by atoms with Crippen molar-refractivity contribution in [1.82, 2.24) is 9.80 Å². The molecule has 1 aromatic rings. The Labute approximate surface area is 205 Å². The van der Waals surface area contributed by atoms with Crippen molar-refractivity contribution >= 4 is 6.09 Å². The highest BCUT2D eigenvalue weighted by atomic mass is 16.6. The number of nitrogens with zero attached hydrogens (tertiary/aromatic N) is 2. The van der Waals surface area contributed by atoms with Crippen LogP contribution in [0.25, 0.3) is 0 Å². The van der Waals surface area contributed by atoms with E-state index in [2.05, 4.69) is 41.3 Å². The maximum absolute atomic E-state index is 12.3. The van der Waals surface area contributed by atoms with E-state index in [0.717, 1.165) is 64.6 Å². The standard InChI is InChI=1S/C28H42N2O4/c1-28(2,3)34-27(31)30-19-15-26(16-20-30)33-24-11-9-23(10-12-24)32-25-13-17-29(18-14-25)21-22-7-5-4-6-8-22/h4-8,13,23-24,26H,9-12,14-21H2,1-3H3. The molecule has 3 aliphatic rings. The van der Waals surface area contributed by atoms with Gasteiger partial charge in [-0.15, -0.1) is 0 Å². The molecular formula is C28H42N2O4. The van der Waals surface area contributed by atoms with Gasteiger partial charge in [-0.3, -0.25) is 4.90 Å². The summed E-state index contributed by atoms with van der Waals surface area (Å²) in [6.45, 7) is 10.2. The predicted octanol–water partition coefficient (Wildman–Crippen LogP) is 5.52. The maximum atomic E-state index is 12.3. The van der Waals surface area contributed by atoms with Crippen LogP contribution in [0.4, 0.5) is 4.79 Å². The van der Waals surface area contributed by atoms with Crippen molar-refractivity contribution in [2.24, 2.45) is 0 Å². The molecule has 1 saturated carbocycles. The van der Waals surface area contributed by atoms with Gasteiger partial charge >= 0.3 is 6.09 Å². The number of benzene rings is 1. The smallest absolute Gasteiger partial charge is 0.410 e. The number of ether oxygens (including phenoxy) is 3. The lowest BCUT2D eigenvalue weighted by molar-refractivity contribution is -0.0733. The minimum Gasteiger partial charge on any atom is -0.495 e. The van der Waals surface area contributed by atoms with E-state index < -0.39 is 5.60 Å². The Kier molecular flexibility index (Phi) is 8.54. The number of carbonyl (C=O) groups excluding carboxylic acids is 1. The first-order valence-electron chi connectivity index (χ1n) is 13.1. The molecule has 0 N–H and O–H groups in total. The van der Waals surface area contributed by atoms with E-state index in [1.54, 1.807) is 0 Å². The molecule has 1 aromatic carbocycles. The number of amides is 1. The highest BCUT2D eigenvalue weighted by Crippen LogP contribution is 2.29. The van der Waals surface area contributed by atoms with Crippen molar-refractivity contribution in [1.29, 1.82) is 0 Å². The SMILES string of the molecule is CC(C)(C)OC(=O)N1CCC(OC2CCC(OC3=CCN(Cc4ccccc4)CC3)CC2)CC1. The molecule has 0 spiro atoms. The summed E-state index contributed by atoms with van der Waals surface area (Å²) in [6.07, 6.45) is 9.98. The molecule has 2 heterocycles. The molecule has 4 rings (SSSR count). The number of likely N-dealkylation sites (tertiary alicyclic amines) is 1. The summed E-state index contributed by atoms with van der Waals surface area (Å²) in [5, 5.41) is 0. The zero-order valence-corrected chi connectivity index (χ0v) is 21.2. The second-order valence-corrected chi connectivity index (χ2v) is 11.0. The lowest BCUT2D eigenvalue weighted by atomic mass is 9.94. The average molecular weight is 471 g/mol. The number of carbonyl (C=O) groups is 1. The third kappa shape index (κ3) is 7.74. The van der Waals surface area contributed by atoms with Gasteiger partial charge in [-0.2, -0.15) is 0 Å². The molecule has 34 heavy (non-hydrogen) atoms. The fraction of sp³-hybridized carbons (Fsp3) is 0.679. The van der Waals surface area contributed by atoms with Gasteiger partial charge in [0, 0.05) is 39.1 Å². The molecule has 1 aliphatic carbocycles. The van der Waals surface area contributed by atoms with E-state index in [9.17, 15) is 4.79 Å². The quantitative estimate of drug-likeness (QED) is 0.548. The average Bonchev–Trinajstić information content (AvgIpc) is 2.82. The van der Waals surface area contributed by atoms with E-state index in [-0.39, 0.29) is 12.2 Å². The molecule has 0 aromatic heterocycles.